The molecular weight excluding hydrogens is 174 g/mol. The van der Waals surface area contributed by atoms with Crippen molar-refractivity contribution in [3.05, 3.63) is 0 Å². The molecular formula is C12H23NO. The number of hydrogen-bond acceptors (Lipinski definition) is 1. The first kappa shape index (κ1) is 11.5. The quantitative estimate of drug-likeness (QED) is 0.740. The maximum atomic E-state index is 11.6. The predicted molar refractivity (Wildman–Crippen MR) is 58.9 cm³/mol. The van der Waals surface area contributed by atoms with Gasteiger partial charge in [0.15, 0.2) is 0 Å². The van der Waals surface area contributed by atoms with Crippen LogP contribution in [0, 0.1) is 17.3 Å². The van der Waals surface area contributed by atoms with Gasteiger partial charge in [0, 0.05) is 12.0 Å². The third-order valence-corrected chi connectivity index (χ3v) is 3.96. The molecule has 3 unspecified atom stereocenters. The average Bonchev–Trinajstić information content (AvgIpc) is 2.31. The van der Waals surface area contributed by atoms with E-state index < -0.39 is 0 Å². The highest BCUT2D eigenvalue weighted by atomic mass is 16.2. The van der Waals surface area contributed by atoms with Gasteiger partial charge < -0.3 is 5.32 Å². The molecule has 1 amide bonds. The van der Waals surface area contributed by atoms with Crippen LogP contribution in [0.5, 0.6) is 0 Å². The summed E-state index contributed by atoms with van der Waals surface area (Å²) in [6.07, 6.45) is 2.17. The third-order valence-electron chi connectivity index (χ3n) is 3.96. The highest BCUT2D eigenvalue weighted by Crippen LogP contribution is 2.41. The minimum atomic E-state index is 0.154. The second-order valence-corrected chi connectivity index (χ2v) is 5.27. The molecule has 1 rings (SSSR count). The van der Waals surface area contributed by atoms with Crippen LogP contribution in [-0.4, -0.2) is 11.9 Å². The molecule has 0 aromatic heterocycles. The van der Waals surface area contributed by atoms with Crippen molar-refractivity contribution in [3.8, 4) is 0 Å². The Morgan fingerprint density at radius 2 is 2.07 bits per heavy atom. The van der Waals surface area contributed by atoms with Gasteiger partial charge in [0.05, 0.1) is 0 Å². The Morgan fingerprint density at radius 1 is 1.50 bits per heavy atom. The first-order valence-corrected chi connectivity index (χ1v) is 5.72. The van der Waals surface area contributed by atoms with Crippen LogP contribution in [0.3, 0.4) is 0 Å². The van der Waals surface area contributed by atoms with E-state index in [9.17, 15) is 4.79 Å². The van der Waals surface area contributed by atoms with Crippen molar-refractivity contribution in [2.24, 2.45) is 17.3 Å². The Morgan fingerprint density at radius 3 is 2.50 bits per heavy atom. The zero-order chi connectivity index (χ0) is 10.9. The molecule has 1 fully saturated rings. The fraction of sp³-hybridized carbons (Fsp3) is 0.917. The fourth-order valence-corrected chi connectivity index (χ4v) is 2.41. The largest absolute Gasteiger partial charge is 0.353 e. The topological polar surface area (TPSA) is 29.1 Å². The minimum absolute atomic E-state index is 0.154. The summed E-state index contributed by atoms with van der Waals surface area (Å²) in [6, 6.07) is 0.370. The summed E-state index contributed by atoms with van der Waals surface area (Å²) in [6.45, 7) is 10.9. The SMILES string of the molecule is CCC1(C)C(CC(C)C)NC(=O)C1C. The molecule has 0 aliphatic carbocycles. The van der Waals surface area contributed by atoms with Crippen molar-refractivity contribution in [2.45, 2.75) is 53.5 Å². The highest BCUT2D eigenvalue weighted by Gasteiger charge is 2.47. The lowest BCUT2D eigenvalue weighted by atomic mass is 9.71. The molecule has 0 aromatic rings. The van der Waals surface area contributed by atoms with Crippen LogP contribution < -0.4 is 5.32 Å². The Bertz CT molecular complexity index is 224. The van der Waals surface area contributed by atoms with Crippen molar-refractivity contribution in [2.75, 3.05) is 0 Å². The Kier molecular flexibility index (Phi) is 3.23. The van der Waals surface area contributed by atoms with Gasteiger partial charge in [-0.3, -0.25) is 4.79 Å². The van der Waals surface area contributed by atoms with Crippen molar-refractivity contribution in [1.29, 1.82) is 0 Å². The number of carbonyl (C=O) groups excluding carboxylic acids is 1. The van der Waals surface area contributed by atoms with Gasteiger partial charge in [-0.1, -0.05) is 34.6 Å². The molecule has 1 aliphatic heterocycles. The van der Waals surface area contributed by atoms with Crippen molar-refractivity contribution < 1.29 is 4.79 Å². The molecule has 3 atom stereocenters. The van der Waals surface area contributed by atoms with Crippen LogP contribution in [0.25, 0.3) is 0 Å². The summed E-state index contributed by atoms with van der Waals surface area (Å²) in [5.41, 5.74) is 0.154. The van der Waals surface area contributed by atoms with E-state index >= 15 is 0 Å². The third kappa shape index (κ3) is 1.79. The van der Waals surface area contributed by atoms with Gasteiger partial charge in [-0.2, -0.15) is 0 Å². The van der Waals surface area contributed by atoms with Gasteiger partial charge in [0.25, 0.3) is 0 Å². The van der Waals surface area contributed by atoms with Crippen LogP contribution in [0.1, 0.15) is 47.5 Å². The van der Waals surface area contributed by atoms with Crippen LogP contribution in [0.15, 0.2) is 0 Å². The Labute approximate surface area is 87.5 Å². The van der Waals surface area contributed by atoms with Crippen LogP contribution in [0.4, 0.5) is 0 Å². The molecule has 2 nitrogen and oxygen atoms in total. The van der Waals surface area contributed by atoms with Crippen molar-refractivity contribution >= 4 is 5.91 Å². The van der Waals surface area contributed by atoms with E-state index in [1.807, 2.05) is 0 Å². The van der Waals surface area contributed by atoms with Crippen LogP contribution >= 0.6 is 0 Å². The van der Waals surface area contributed by atoms with E-state index in [4.69, 9.17) is 0 Å². The van der Waals surface area contributed by atoms with Gasteiger partial charge >= 0.3 is 0 Å². The van der Waals surface area contributed by atoms with E-state index in [0.29, 0.717) is 12.0 Å². The van der Waals surface area contributed by atoms with Crippen molar-refractivity contribution in [3.63, 3.8) is 0 Å². The molecule has 1 N–H and O–H groups in total. The Hall–Kier alpha value is -0.530. The van der Waals surface area contributed by atoms with E-state index in [2.05, 4.69) is 39.9 Å². The molecule has 1 aliphatic rings. The highest BCUT2D eigenvalue weighted by molar-refractivity contribution is 5.82. The predicted octanol–water partition coefficient (Wildman–Crippen LogP) is 2.58. The lowest BCUT2D eigenvalue weighted by Gasteiger charge is -2.33. The maximum Gasteiger partial charge on any atom is 0.223 e. The molecule has 0 spiro atoms. The van der Waals surface area contributed by atoms with E-state index in [-0.39, 0.29) is 17.2 Å². The maximum absolute atomic E-state index is 11.6. The number of rotatable bonds is 3. The Balaban J connectivity index is 2.80. The van der Waals surface area contributed by atoms with E-state index in [1.54, 1.807) is 0 Å². The van der Waals surface area contributed by atoms with Gasteiger partial charge in [0.1, 0.15) is 0 Å². The fourth-order valence-electron chi connectivity index (χ4n) is 2.41. The van der Waals surface area contributed by atoms with Gasteiger partial charge in [0.2, 0.25) is 5.91 Å². The second-order valence-electron chi connectivity index (χ2n) is 5.27. The smallest absolute Gasteiger partial charge is 0.223 e. The molecule has 82 valence electrons. The molecule has 1 saturated heterocycles. The standard InChI is InChI=1S/C12H23NO/c1-6-12(5)9(4)11(14)13-10(12)7-8(2)3/h8-10H,6-7H2,1-5H3,(H,13,14). The monoisotopic (exact) mass is 197 g/mol. The summed E-state index contributed by atoms with van der Waals surface area (Å²) in [7, 11) is 0. The van der Waals surface area contributed by atoms with Crippen LogP contribution in [-0.2, 0) is 4.79 Å². The molecule has 0 aromatic carbocycles. The average molecular weight is 197 g/mol. The van der Waals surface area contributed by atoms with E-state index in [0.717, 1.165) is 12.8 Å². The molecule has 1 heterocycles. The minimum Gasteiger partial charge on any atom is -0.353 e. The number of amides is 1. The normalized spacial score (nSPS) is 37.7. The first-order valence-electron chi connectivity index (χ1n) is 5.72. The first-order chi connectivity index (χ1) is 6.41. The number of hydrogen-bond donors (Lipinski definition) is 1. The number of nitrogens with one attached hydrogen (secondary N) is 1. The summed E-state index contributed by atoms with van der Waals surface area (Å²) >= 11 is 0. The molecule has 0 radical (unpaired) electrons. The zero-order valence-electron chi connectivity index (χ0n) is 10.1. The van der Waals surface area contributed by atoms with Crippen LogP contribution in [0.2, 0.25) is 0 Å². The lowest BCUT2D eigenvalue weighted by molar-refractivity contribution is -0.123. The molecule has 14 heavy (non-hydrogen) atoms. The molecule has 0 bridgehead atoms. The molecule has 0 saturated carbocycles. The summed E-state index contributed by atoms with van der Waals surface area (Å²) in [5.74, 6) is 1.05. The second kappa shape index (κ2) is 3.92. The summed E-state index contributed by atoms with van der Waals surface area (Å²) in [4.78, 5) is 11.6. The zero-order valence-corrected chi connectivity index (χ0v) is 10.1. The van der Waals surface area contributed by atoms with Crippen molar-refractivity contribution in [1.82, 2.24) is 5.32 Å². The van der Waals surface area contributed by atoms with Gasteiger partial charge in [-0.05, 0) is 24.2 Å². The lowest BCUT2D eigenvalue weighted by Crippen LogP contribution is -2.37. The number of carbonyl (C=O) groups is 1. The summed E-state index contributed by atoms with van der Waals surface area (Å²) in [5, 5.41) is 3.14. The summed E-state index contributed by atoms with van der Waals surface area (Å²) < 4.78 is 0. The molecule has 2 heteroatoms. The van der Waals surface area contributed by atoms with Gasteiger partial charge in [-0.25, -0.2) is 0 Å². The van der Waals surface area contributed by atoms with Gasteiger partial charge in [-0.15, -0.1) is 0 Å². The van der Waals surface area contributed by atoms with E-state index in [1.165, 1.54) is 0 Å².